The fourth-order valence-electron chi connectivity index (χ4n) is 3.06. The molecule has 0 aliphatic heterocycles. The Kier molecular flexibility index (Phi) is 5.86. The third kappa shape index (κ3) is 4.89. The van der Waals surface area contributed by atoms with Crippen LogP contribution >= 0.6 is 23.4 Å². The van der Waals surface area contributed by atoms with Crippen LogP contribution < -0.4 is 10.6 Å². The maximum atomic E-state index is 12.0. The molecule has 2 unspecified atom stereocenters. The van der Waals surface area contributed by atoms with Crippen molar-refractivity contribution in [2.75, 3.05) is 5.75 Å². The molecule has 0 saturated heterocycles. The summed E-state index contributed by atoms with van der Waals surface area (Å²) >= 11 is 7.19. The van der Waals surface area contributed by atoms with Gasteiger partial charge >= 0.3 is 6.03 Å². The van der Waals surface area contributed by atoms with E-state index in [4.69, 9.17) is 11.6 Å². The Bertz CT molecular complexity index is 779. The van der Waals surface area contributed by atoms with Crippen molar-refractivity contribution in [3.05, 3.63) is 23.2 Å². The number of carbonyl (C=O) groups is 2. The monoisotopic (exact) mass is 380 g/mol. The maximum absolute atomic E-state index is 12.0. The van der Waals surface area contributed by atoms with Crippen LogP contribution in [0.4, 0.5) is 4.79 Å². The molecule has 8 heteroatoms. The minimum Gasteiger partial charge on any atom is -0.335 e. The van der Waals surface area contributed by atoms with Gasteiger partial charge in [0.2, 0.25) is 5.91 Å². The predicted molar refractivity (Wildman–Crippen MR) is 99.9 cm³/mol. The Hall–Kier alpha value is -1.73. The van der Waals surface area contributed by atoms with Crippen LogP contribution in [0.1, 0.15) is 32.6 Å². The normalized spacial score (nSPS) is 20.4. The first kappa shape index (κ1) is 18.1. The van der Waals surface area contributed by atoms with Gasteiger partial charge in [-0.15, -0.1) is 0 Å². The van der Waals surface area contributed by atoms with Crippen molar-refractivity contribution in [1.82, 2.24) is 20.6 Å². The predicted octanol–water partition coefficient (Wildman–Crippen LogP) is 3.71. The number of benzene rings is 1. The minimum atomic E-state index is -0.416. The lowest BCUT2D eigenvalue weighted by molar-refractivity contribution is -0.117. The summed E-state index contributed by atoms with van der Waals surface area (Å²) in [6.45, 7) is 2.13. The van der Waals surface area contributed by atoms with Crippen molar-refractivity contribution in [3.63, 3.8) is 0 Å². The van der Waals surface area contributed by atoms with Crippen molar-refractivity contribution in [2.24, 2.45) is 5.92 Å². The van der Waals surface area contributed by atoms with Crippen LogP contribution in [0.15, 0.2) is 23.4 Å². The van der Waals surface area contributed by atoms with Gasteiger partial charge in [0.15, 0.2) is 5.16 Å². The molecule has 3 rings (SSSR count). The van der Waals surface area contributed by atoms with Gasteiger partial charge in [0.25, 0.3) is 0 Å². The summed E-state index contributed by atoms with van der Waals surface area (Å²) in [5.74, 6) is 0.220. The lowest BCUT2D eigenvalue weighted by atomic mass is 9.86. The van der Waals surface area contributed by atoms with Crippen molar-refractivity contribution in [3.8, 4) is 0 Å². The molecule has 6 nitrogen and oxygen atoms in total. The number of H-pyrrole nitrogens is 1. The van der Waals surface area contributed by atoms with Gasteiger partial charge in [0.05, 0.1) is 16.8 Å². The highest BCUT2D eigenvalue weighted by Crippen LogP contribution is 2.24. The third-order valence-electron chi connectivity index (χ3n) is 4.44. The van der Waals surface area contributed by atoms with Gasteiger partial charge in [0, 0.05) is 11.1 Å². The van der Waals surface area contributed by atoms with Crippen LogP contribution in [0.2, 0.25) is 5.02 Å². The molecule has 0 bridgehead atoms. The van der Waals surface area contributed by atoms with Crippen molar-refractivity contribution in [2.45, 2.75) is 43.8 Å². The molecule has 1 saturated carbocycles. The maximum Gasteiger partial charge on any atom is 0.321 e. The average Bonchev–Trinajstić information content (AvgIpc) is 2.97. The second-order valence-electron chi connectivity index (χ2n) is 6.38. The van der Waals surface area contributed by atoms with Crippen LogP contribution in [0.25, 0.3) is 11.0 Å². The summed E-state index contributed by atoms with van der Waals surface area (Å²) < 4.78 is 0. The molecular formula is C17H21ClN4O2S. The molecule has 2 atom stereocenters. The number of hydrogen-bond acceptors (Lipinski definition) is 4. The zero-order chi connectivity index (χ0) is 17.8. The SMILES string of the molecule is CC1CCCCC1NC(=O)NC(=O)CSc1nc2ccc(Cl)cc2[nH]1. The smallest absolute Gasteiger partial charge is 0.321 e. The number of rotatable bonds is 4. The molecule has 1 aliphatic rings. The number of halogens is 1. The van der Waals surface area contributed by atoms with Crippen LogP contribution in [0, 0.1) is 5.92 Å². The van der Waals surface area contributed by atoms with E-state index in [0.29, 0.717) is 16.1 Å². The minimum absolute atomic E-state index is 0.112. The van der Waals surface area contributed by atoms with E-state index >= 15 is 0 Å². The number of carbonyl (C=O) groups excluding carboxylic acids is 2. The van der Waals surface area contributed by atoms with Crippen LogP contribution in [-0.4, -0.2) is 33.7 Å². The number of aromatic nitrogens is 2. The molecule has 134 valence electrons. The number of fused-ring (bicyclic) bond motifs is 1. The number of nitrogens with one attached hydrogen (secondary N) is 3. The van der Waals surface area contributed by atoms with E-state index in [1.807, 2.05) is 6.07 Å². The average molecular weight is 381 g/mol. The Morgan fingerprint density at radius 3 is 2.96 bits per heavy atom. The largest absolute Gasteiger partial charge is 0.335 e. The fourth-order valence-corrected chi connectivity index (χ4v) is 3.92. The summed E-state index contributed by atoms with van der Waals surface area (Å²) in [6.07, 6.45) is 4.41. The van der Waals surface area contributed by atoms with Gasteiger partial charge in [-0.05, 0) is 37.0 Å². The van der Waals surface area contributed by atoms with Gasteiger partial charge in [-0.2, -0.15) is 0 Å². The van der Waals surface area contributed by atoms with E-state index in [9.17, 15) is 9.59 Å². The quantitative estimate of drug-likeness (QED) is 0.705. The number of amides is 3. The lowest BCUT2D eigenvalue weighted by Gasteiger charge is -2.29. The first-order chi connectivity index (χ1) is 12.0. The first-order valence-corrected chi connectivity index (χ1v) is 9.76. The molecule has 0 radical (unpaired) electrons. The summed E-state index contributed by atoms with van der Waals surface area (Å²) in [4.78, 5) is 31.4. The molecule has 3 amide bonds. The van der Waals surface area contributed by atoms with E-state index in [1.54, 1.807) is 12.1 Å². The highest BCUT2D eigenvalue weighted by molar-refractivity contribution is 7.99. The van der Waals surface area contributed by atoms with Crippen molar-refractivity contribution >= 4 is 46.3 Å². The fraction of sp³-hybridized carbons (Fsp3) is 0.471. The van der Waals surface area contributed by atoms with Crippen LogP contribution in [0.5, 0.6) is 0 Å². The lowest BCUT2D eigenvalue weighted by Crippen LogP contribution is -2.48. The third-order valence-corrected chi connectivity index (χ3v) is 5.55. The van der Waals surface area contributed by atoms with Gasteiger partial charge in [0.1, 0.15) is 0 Å². The number of thioether (sulfide) groups is 1. The highest BCUT2D eigenvalue weighted by Gasteiger charge is 2.23. The van der Waals surface area contributed by atoms with Crippen molar-refractivity contribution in [1.29, 1.82) is 0 Å². The number of imidazole rings is 1. The molecular weight excluding hydrogens is 360 g/mol. The highest BCUT2D eigenvalue weighted by atomic mass is 35.5. The van der Waals surface area contributed by atoms with E-state index in [2.05, 4.69) is 27.5 Å². The van der Waals surface area contributed by atoms with Gasteiger partial charge in [-0.25, -0.2) is 9.78 Å². The molecule has 1 aliphatic carbocycles. The topological polar surface area (TPSA) is 86.9 Å². The Morgan fingerprint density at radius 2 is 2.16 bits per heavy atom. The Morgan fingerprint density at radius 1 is 1.36 bits per heavy atom. The number of aromatic amines is 1. The second-order valence-corrected chi connectivity index (χ2v) is 7.78. The van der Waals surface area contributed by atoms with Crippen molar-refractivity contribution < 1.29 is 9.59 Å². The van der Waals surface area contributed by atoms with Gasteiger partial charge < -0.3 is 10.3 Å². The van der Waals surface area contributed by atoms with Crippen LogP contribution in [0.3, 0.4) is 0 Å². The number of imide groups is 1. The molecule has 1 heterocycles. The zero-order valence-electron chi connectivity index (χ0n) is 14.0. The van der Waals surface area contributed by atoms with E-state index in [1.165, 1.54) is 18.2 Å². The van der Waals surface area contributed by atoms with Crippen LogP contribution in [-0.2, 0) is 4.79 Å². The number of urea groups is 1. The molecule has 3 N–H and O–H groups in total. The Balaban J connectivity index is 1.47. The van der Waals surface area contributed by atoms with E-state index in [0.717, 1.165) is 30.3 Å². The zero-order valence-corrected chi connectivity index (χ0v) is 15.5. The van der Waals surface area contributed by atoms with E-state index < -0.39 is 6.03 Å². The molecule has 1 fully saturated rings. The summed E-state index contributed by atoms with van der Waals surface area (Å²) in [5.41, 5.74) is 1.61. The van der Waals surface area contributed by atoms with Gasteiger partial charge in [-0.3, -0.25) is 10.1 Å². The molecule has 0 spiro atoms. The number of hydrogen-bond donors (Lipinski definition) is 3. The Labute approximate surface area is 155 Å². The summed E-state index contributed by atoms with van der Waals surface area (Å²) in [5, 5.41) is 6.54. The standard InChI is InChI=1S/C17H21ClN4O2S/c1-10-4-2-3-5-12(10)19-16(24)22-15(23)9-25-17-20-13-7-6-11(18)8-14(13)21-17/h6-8,10,12H,2-5,9H2,1H3,(H,20,21)(H2,19,22,23,24). The second kappa shape index (κ2) is 8.10. The molecule has 1 aromatic carbocycles. The van der Waals surface area contributed by atoms with Gasteiger partial charge in [-0.1, -0.05) is 43.1 Å². The summed E-state index contributed by atoms with van der Waals surface area (Å²) in [6, 6.07) is 5.10. The first-order valence-electron chi connectivity index (χ1n) is 8.39. The molecule has 1 aromatic heterocycles. The molecule has 2 aromatic rings. The number of nitrogens with zero attached hydrogens (tertiary/aromatic N) is 1. The summed E-state index contributed by atoms with van der Waals surface area (Å²) in [7, 11) is 0. The molecule has 25 heavy (non-hydrogen) atoms. The van der Waals surface area contributed by atoms with E-state index in [-0.39, 0.29) is 17.7 Å².